The Kier molecular flexibility index (Phi) is 7.28. The van der Waals surface area contributed by atoms with Gasteiger partial charge in [0.05, 0.1) is 22.7 Å². The minimum absolute atomic E-state index is 0.113. The van der Waals surface area contributed by atoms with E-state index in [4.69, 9.17) is 9.15 Å². The average molecular weight is 480 g/mol. The summed E-state index contributed by atoms with van der Waals surface area (Å²) in [6, 6.07) is 9.60. The van der Waals surface area contributed by atoms with Crippen LogP contribution < -0.4 is 5.32 Å². The number of anilines is 1. The summed E-state index contributed by atoms with van der Waals surface area (Å²) in [5, 5.41) is 23.8. The second kappa shape index (κ2) is 10.1. The Morgan fingerprint density at radius 3 is 2.65 bits per heavy atom. The molecule has 0 radical (unpaired) electrons. The molecule has 0 bridgehead atoms. The number of rotatable bonds is 7. The van der Waals surface area contributed by atoms with Crippen LogP contribution in [-0.4, -0.2) is 23.4 Å². The number of carbonyl (C=O) groups is 2. The standard InChI is InChI=1S/C24H21N3O6S/c1-5-32-24(29)21-14(3)15(4)34-23(21)26-22(28)16(12-25)11-17-7-9-20(33-17)18-8-6-13(2)10-19(18)27(30)31/h6-11H,5H2,1-4H3,(H,26,28)/b16-11+. The molecule has 34 heavy (non-hydrogen) atoms. The van der Waals surface area contributed by atoms with Gasteiger partial charge in [-0.2, -0.15) is 5.26 Å². The molecule has 3 rings (SSSR count). The number of nitro groups is 1. The van der Waals surface area contributed by atoms with E-state index in [0.717, 1.165) is 10.4 Å². The first-order valence-electron chi connectivity index (χ1n) is 10.2. The molecule has 3 aromatic rings. The van der Waals surface area contributed by atoms with Crippen LogP contribution in [0.4, 0.5) is 10.7 Å². The van der Waals surface area contributed by atoms with Crippen molar-refractivity contribution < 1.29 is 23.7 Å². The highest BCUT2D eigenvalue weighted by molar-refractivity contribution is 7.16. The minimum atomic E-state index is -0.728. The molecular formula is C24H21N3O6S. The predicted octanol–water partition coefficient (Wildman–Crippen LogP) is 5.56. The summed E-state index contributed by atoms with van der Waals surface area (Å²) >= 11 is 1.21. The van der Waals surface area contributed by atoms with Gasteiger partial charge in [-0.3, -0.25) is 14.9 Å². The molecule has 1 N–H and O–H groups in total. The quantitative estimate of drug-likeness (QED) is 0.154. The van der Waals surface area contributed by atoms with Gasteiger partial charge < -0.3 is 14.5 Å². The number of furan rings is 1. The van der Waals surface area contributed by atoms with Crippen LogP contribution in [0, 0.1) is 42.2 Å². The molecule has 174 valence electrons. The van der Waals surface area contributed by atoms with E-state index in [1.165, 1.54) is 35.6 Å². The van der Waals surface area contributed by atoms with Crippen LogP contribution in [0.5, 0.6) is 0 Å². The molecule has 0 fully saturated rings. The number of hydrogen-bond donors (Lipinski definition) is 1. The van der Waals surface area contributed by atoms with Gasteiger partial charge in [0.25, 0.3) is 11.6 Å². The van der Waals surface area contributed by atoms with Crippen LogP contribution in [0.2, 0.25) is 0 Å². The first kappa shape index (κ1) is 24.4. The van der Waals surface area contributed by atoms with Gasteiger partial charge >= 0.3 is 5.97 Å². The maximum Gasteiger partial charge on any atom is 0.341 e. The smallest absolute Gasteiger partial charge is 0.341 e. The molecule has 0 unspecified atom stereocenters. The monoisotopic (exact) mass is 479 g/mol. The Morgan fingerprint density at radius 2 is 2.00 bits per heavy atom. The fourth-order valence-corrected chi connectivity index (χ4v) is 4.25. The summed E-state index contributed by atoms with van der Waals surface area (Å²) in [7, 11) is 0. The van der Waals surface area contributed by atoms with E-state index in [9.17, 15) is 25.0 Å². The van der Waals surface area contributed by atoms with Crippen molar-refractivity contribution in [2.75, 3.05) is 11.9 Å². The molecule has 10 heteroatoms. The van der Waals surface area contributed by atoms with E-state index in [0.29, 0.717) is 5.56 Å². The maximum absolute atomic E-state index is 12.8. The SMILES string of the molecule is CCOC(=O)c1c(NC(=O)/C(C#N)=C/c2ccc(-c3ccc(C)cc3[N+](=O)[O-])o2)sc(C)c1C. The summed E-state index contributed by atoms with van der Waals surface area (Å²) in [6.45, 7) is 7.18. The van der Waals surface area contributed by atoms with E-state index in [-0.39, 0.29) is 45.5 Å². The van der Waals surface area contributed by atoms with E-state index in [1.54, 1.807) is 32.9 Å². The normalized spacial score (nSPS) is 11.1. The van der Waals surface area contributed by atoms with Gasteiger partial charge in [0, 0.05) is 17.0 Å². The summed E-state index contributed by atoms with van der Waals surface area (Å²) in [5.74, 6) is -0.892. The third kappa shape index (κ3) is 5.05. The Morgan fingerprint density at radius 1 is 1.26 bits per heavy atom. The zero-order valence-corrected chi connectivity index (χ0v) is 19.7. The van der Waals surface area contributed by atoms with Crippen molar-refractivity contribution in [2.24, 2.45) is 0 Å². The lowest BCUT2D eigenvalue weighted by molar-refractivity contribution is -0.384. The number of nitrogens with zero attached hydrogens (tertiary/aromatic N) is 2. The van der Waals surface area contributed by atoms with Gasteiger partial charge in [-0.15, -0.1) is 11.3 Å². The maximum atomic E-state index is 12.8. The molecule has 0 aliphatic carbocycles. The number of nitriles is 1. The van der Waals surface area contributed by atoms with Crippen molar-refractivity contribution in [2.45, 2.75) is 27.7 Å². The van der Waals surface area contributed by atoms with Crippen LogP contribution in [-0.2, 0) is 9.53 Å². The fourth-order valence-electron chi connectivity index (χ4n) is 3.20. The number of carbonyl (C=O) groups excluding carboxylic acids is 2. The van der Waals surface area contributed by atoms with E-state index >= 15 is 0 Å². The lowest BCUT2D eigenvalue weighted by Crippen LogP contribution is -2.16. The van der Waals surface area contributed by atoms with Gasteiger partial charge in [-0.05, 0) is 57.0 Å². The second-order valence-electron chi connectivity index (χ2n) is 7.31. The first-order valence-corrected chi connectivity index (χ1v) is 11.0. The van der Waals surface area contributed by atoms with Crippen molar-refractivity contribution in [3.63, 3.8) is 0 Å². The topological polar surface area (TPSA) is 135 Å². The highest BCUT2D eigenvalue weighted by atomic mass is 32.1. The number of aryl methyl sites for hydroxylation is 2. The Hall–Kier alpha value is -4.23. The highest BCUT2D eigenvalue weighted by Crippen LogP contribution is 2.34. The molecule has 0 aliphatic heterocycles. The van der Waals surface area contributed by atoms with Crippen LogP contribution >= 0.6 is 11.3 Å². The molecule has 0 aliphatic rings. The van der Waals surface area contributed by atoms with Gasteiger partial charge in [0.2, 0.25) is 0 Å². The Labute approximate surface area is 199 Å². The first-order chi connectivity index (χ1) is 16.2. The lowest BCUT2D eigenvalue weighted by Gasteiger charge is -2.06. The molecule has 2 heterocycles. The second-order valence-corrected chi connectivity index (χ2v) is 8.54. The fraction of sp³-hybridized carbons (Fsp3) is 0.208. The molecular weight excluding hydrogens is 458 g/mol. The van der Waals surface area contributed by atoms with Crippen LogP contribution in [0.15, 0.2) is 40.3 Å². The van der Waals surface area contributed by atoms with E-state index in [2.05, 4.69) is 5.32 Å². The van der Waals surface area contributed by atoms with Crippen molar-refractivity contribution in [3.8, 4) is 17.4 Å². The number of amides is 1. The number of esters is 1. The van der Waals surface area contributed by atoms with Crippen molar-refractivity contribution in [1.29, 1.82) is 5.26 Å². The molecule has 0 atom stereocenters. The predicted molar refractivity (Wildman–Crippen MR) is 128 cm³/mol. The van der Waals surface area contributed by atoms with E-state index < -0.39 is 16.8 Å². The van der Waals surface area contributed by atoms with Crippen LogP contribution in [0.1, 0.15) is 39.0 Å². The zero-order chi connectivity index (χ0) is 25.0. The average Bonchev–Trinajstić information content (AvgIpc) is 3.36. The number of thiophene rings is 1. The third-order valence-corrected chi connectivity index (χ3v) is 6.11. The third-order valence-electron chi connectivity index (χ3n) is 4.99. The molecule has 1 aromatic carbocycles. The lowest BCUT2D eigenvalue weighted by atomic mass is 10.1. The molecule has 2 aromatic heterocycles. The molecule has 0 saturated heterocycles. The van der Waals surface area contributed by atoms with Crippen molar-refractivity contribution in [3.05, 3.63) is 73.3 Å². The number of nitro benzene ring substituents is 1. The number of benzene rings is 1. The van der Waals surface area contributed by atoms with Crippen LogP contribution in [0.25, 0.3) is 17.4 Å². The summed E-state index contributed by atoms with van der Waals surface area (Å²) in [4.78, 5) is 36.9. The summed E-state index contributed by atoms with van der Waals surface area (Å²) in [6.07, 6.45) is 1.23. The highest BCUT2D eigenvalue weighted by Gasteiger charge is 2.23. The summed E-state index contributed by atoms with van der Waals surface area (Å²) < 4.78 is 10.7. The minimum Gasteiger partial charge on any atom is -0.462 e. The van der Waals surface area contributed by atoms with Crippen LogP contribution in [0.3, 0.4) is 0 Å². The van der Waals surface area contributed by atoms with E-state index in [1.807, 2.05) is 13.0 Å². The molecule has 0 saturated carbocycles. The largest absolute Gasteiger partial charge is 0.462 e. The van der Waals surface area contributed by atoms with Gasteiger partial charge in [0.1, 0.15) is 28.2 Å². The van der Waals surface area contributed by atoms with Gasteiger partial charge in [-0.1, -0.05) is 6.07 Å². The number of ether oxygens (including phenoxy) is 1. The Balaban J connectivity index is 1.90. The number of nitrogens with one attached hydrogen (secondary N) is 1. The van der Waals surface area contributed by atoms with Crippen molar-refractivity contribution in [1.82, 2.24) is 0 Å². The number of hydrogen-bond acceptors (Lipinski definition) is 8. The Bertz CT molecular complexity index is 1360. The van der Waals surface area contributed by atoms with Gasteiger partial charge in [0.15, 0.2) is 0 Å². The zero-order valence-electron chi connectivity index (χ0n) is 18.9. The molecule has 1 amide bonds. The summed E-state index contributed by atoms with van der Waals surface area (Å²) in [5.41, 5.74) is 1.57. The molecule has 9 nitrogen and oxygen atoms in total. The molecule has 0 spiro atoms. The van der Waals surface area contributed by atoms with Crippen molar-refractivity contribution >= 4 is 40.0 Å². The van der Waals surface area contributed by atoms with Gasteiger partial charge in [-0.25, -0.2) is 4.79 Å².